The molecule has 0 heterocycles. The first-order chi connectivity index (χ1) is 8.34. The summed E-state index contributed by atoms with van der Waals surface area (Å²) in [5, 5.41) is 30.3. The molecule has 0 saturated heterocycles. The number of aliphatic hydroxyl groups is 1. The van der Waals surface area contributed by atoms with Gasteiger partial charge in [-0.25, -0.2) is 0 Å². The molecule has 0 aromatic heterocycles. The molecule has 0 radical (unpaired) electrons. The first-order valence-corrected chi connectivity index (χ1v) is 6.58. The molecule has 3 heteroatoms. The van der Waals surface area contributed by atoms with E-state index in [9.17, 15) is 15.3 Å². The summed E-state index contributed by atoms with van der Waals surface area (Å²) in [5.74, 6) is 0.363. The van der Waals surface area contributed by atoms with Crippen molar-refractivity contribution in [3.05, 3.63) is 22.8 Å². The zero-order valence-corrected chi connectivity index (χ0v) is 11.4. The minimum atomic E-state index is -0.379. The van der Waals surface area contributed by atoms with Gasteiger partial charge in [0.1, 0.15) is 0 Å². The number of phenols is 2. The summed E-state index contributed by atoms with van der Waals surface area (Å²) >= 11 is 0. The van der Waals surface area contributed by atoms with Crippen molar-refractivity contribution in [2.75, 3.05) is 0 Å². The molecule has 0 spiro atoms. The lowest BCUT2D eigenvalue weighted by atomic mass is 9.70. The van der Waals surface area contributed by atoms with Crippen LogP contribution in [-0.2, 0) is 0 Å². The Morgan fingerprint density at radius 2 is 1.83 bits per heavy atom. The largest absolute Gasteiger partial charge is 0.504 e. The molecule has 2 rings (SSSR count). The fraction of sp³-hybridized carbons (Fsp3) is 0.600. The summed E-state index contributed by atoms with van der Waals surface area (Å²) in [6, 6.07) is 1.91. The van der Waals surface area contributed by atoms with E-state index < -0.39 is 0 Å². The Morgan fingerprint density at radius 1 is 1.22 bits per heavy atom. The Bertz CT molecular complexity index is 465. The second-order valence-electron chi connectivity index (χ2n) is 5.87. The fourth-order valence-corrected chi connectivity index (χ4v) is 3.26. The van der Waals surface area contributed by atoms with Crippen LogP contribution in [0.5, 0.6) is 11.5 Å². The lowest BCUT2D eigenvalue weighted by molar-refractivity contribution is 0.0968. The fourth-order valence-electron chi connectivity index (χ4n) is 3.26. The van der Waals surface area contributed by atoms with E-state index in [-0.39, 0.29) is 29.4 Å². The molecule has 0 fully saturated rings. The highest BCUT2D eigenvalue weighted by Crippen LogP contribution is 2.49. The van der Waals surface area contributed by atoms with Crippen LogP contribution >= 0.6 is 0 Å². The molecule has 3 nitrogen and oxygen atoms in total. The predicted octanol–water partition coefficient (Wildman–Crippen LogP) is 3.01. The van der Waals surface area contributed by atoms with Crippen molar-refractivity contribution in [2.24, 2.45) is 5.92 Å². The average Bonchev–Trinajstić information content (AvgIpc) is 2.24. The maximum Gasteiger partial charge on any atom is 0.161 e. The summed E-state index contributed by atoms with van der Waals surface area (Å²) in [6.45, 7) is 7.91. The van der Waals surface area contributed by atoms with E-state index in [1.54, 1.807) is 6.92 Å². The van der Waals surface area contributed by atoms with E-state index in [1.165, 1.54) is 0 Å². The zero-order chi connectivity index (χ0) is 13.6. The lowest BCUT2D eigenvalue weighted by Crippen LogP contribution is -2.30. The van der Waals surface area contributed by atoms with Gasteiger partial charge in [0.15, 0.2) is 11.5 Å². The number of phenolic OH excluding ortho intramolecular Hbond substituents is 2. The number of fused-ring (bicyclic) bond motifs is 1. The third kappa shape index (κ3) is 1.87. The quantitative estimate of drug-likeness (QED) is 0.671. The molecule has 18 heavy (non-hydrogen) atoms. The summed E-state index contributed by atoms with van der Waals surface area (Å²) in [6.07, 6.45) is 0.252. The molecule has 3 N–H and O–H groups in total. The predicted molar refractivity (Wildman–Crippen MR) is 71.1 cm³/mol. The number of aromatic hydroxyl groups is 2. The van der Waals surface area contributed by atoms with Gasteiger partial charge in [0.2, 0.25) is 0 Å². The lowest BCUT2D eigenvalue weighted by Gasteiger charge is -2.37. The van der Waals surface area contributed by atoms with E-state index in [0.717, 1.165) is 11.1 Å². The van der Waals surface area contributed by atoms with Crippen LogP contribution in [0.1, 0.15) is 55.7 Å². The molecule has 3 unspecified atom stereocenters. The van der Waals surface area contributed by atoms with Gasteiger partial charge >= 0.3 is 0 Å². The molecule has 1 aliphatic rings. The summed E-state index contributed by atoms with van der Waals surface area (Å²) in [4.78, 5) is 0. The zero-order valence-electron chi connectivity index (χ0n) is 11.4. The number of hydrogen-bond donors (Lipinski definition) is 3. The van der Waals surface area contributed by atoms with E-state index in [0.29, 0.717) is 17.9 Å². The third-order valence-corrected chi connectivity index (χ3v) is 4.12. The van der Waals surface area contributed by atoms with Crippen LogP contribution < -0.4 is 0 Å². The van der Waals surface area contributed by atoms with Crippen molar-refractivity contribution in [1.82, 2.24) is 0 Å². The van der Waals surface area contributed by atoms with Crippen LogP contribution in [0.25, 0.3) is 0 Å². The second kappa shape index (κ2) is 4.47. The summed E-state index contributed by atoms with van der Waals surface area (Å²) < 4.78 is 0. The van der Waals surface area contributed by atoms with Gasteiger partial charge in [-0.2, -0.15) is 0 Å². The SMILES string of the molecule is Cc1cc2c(c(O)c1O)C(C)CC(O)C2C(C)C. The highest BCUT2D eigenvalue weighted by atomic mass is 16.3. The molecule has 0 amide bonds. The monoisotopic (exact) mass is 250 g/mol. The Hall–Kier alpha value is -1.22. The van der Waals surface area contributed by atoms with E-state index >= 15 is 0 Å². The molecule has 1 aliphatic carbocycles. The van der Waals surface area contributed by atoms with Crippen molar-refractivity contribution in [3.8, 4) is 11.5 Å². The standard InChI is InChI=1S/C15H22O3/c1-7(2)12-10-5-9(4)14(17)15(18)13(10)8(3)6-11(12)16/h5,7-8,11-12,16-18H,6H2,1-4H3. The molecule has 1 aromatic rings. The minimum Gasteiger partial charge on any atom is -0.504 e. The summed E-state index contributed by atoms with van der Waals surface area (Å²) in [7, 11) is 0. The molecular weight excluding hydrogens is 228 g/mol. The molecule has 0 aliphatic heterocycles. The van der Waals surface area contributed by atoms with Crippen LogP contribution in [0.3, 0.4) is 0 Å². The first kappa shape index (κ1) is 13.2. The number of aryl methyl sites for hydroxylation is 1. The van der Waals surface area contributed by atoms with Crippen molar-refractivity contribution in [1.29, 1.82) is 0 Å². The maximum absolute atomic E-state index is 10.3. The third-order valence-electron chi connectivity index (χ3n) is 4.12. The molecule has 1 aromatic carbocycles. The Labute approximate surface area is 108 Å². The van der Waals surface area contributed by atoms with Gasteiger partial charge in [0.25, 0.3) is 0 Å². The van der Waals surface area contributed by atoms with E-state index in [4.69, 9.17) is 0 Å². The van der Waals surface area contributed by atoms with Crippen molar-refractivity contribution in [3.63, 3.8) is 0 Å². The second-order valence-corrected chi connectivity index (χ2v) is 5.87. The number of rotatable bonds is 1. The van der Waals surface area contributed by atoms with E-state index in [2.05, 4.69) is 13.8 Å². The molecule has 3 atom stereocenters. The molecular formula is C15H22O3. The van der Waals surface area contributed by atoms with Crippen LogP contribution in [0, 0.1) is 12.8 Å². The Morgan fingerprint density at radius 3 is 2.39 bits per heavy atom. The average molecular weight is 250 g/mol. The molecule has 0 saturated carbocycles. The maximum atomic E-state index is 10.3. The van der Waals surface area contributed by atoms with Gasteiger partial charge in [-0.3, -0.25) is 0 Å². The first-order valence-electron chi connectivity index (χ1n) is 6.58. The van der Waals surface area contributed by atoms with Gasteiger partial charge in [0, 0.05) is 11.5 Å². The van der Waals surface area contributed by atoms with Crippen LogP contribution in [0.4, 0.5) is 0 Å². The molecule has 0 bridgehead atoms. The van der Waals surface area contributed by atoms with Crippen LogP contribution in [0.2, 0.25) is 0 Å². The summed E-state index contributed by atoms with van der Waals surface area (Å²) in [5.41, 5.74) is 2.46. The van der Waals surface area contributed by atoms with Gasteiger partial charge in [0.05, 0.1) is 6.10 Å². The van der Waals surface area contributed by atoms with Crippen molar-refractivity contribution in [2.45, 2.75) is 52.1 Å². The van der Waals surface area contributed by atoms with Crippen molar-refractivity contribution < 1.29 is 15.3 Å². The Balaban J connectivity index is 2.67. The topological polar surface area (TPSA) is 60.7 Å². The van der Waals surface area contributed by atoms with Crippen LogP contribution in [0.15, 0.2) is 6.07 Å². The molecule has 100 valence electrons. The van der Waals surface area contributed by atoms with Gasteiger partial charge in [-0.05, 0) is 36.3 Å². The normalized spacial score (nSPS) is 27.3. The number of hydrogen-bond acceptors (Lipinski definition) is 3. The highest BCUT2D eigenvalue weighted by molar-refractivity contribution is 5.57. The number of aliphatic hydroxyl groups excluding tert-OH is 1. The van der Waals surface area contributed by atoms with Gasteiger partial charge in [-0.15, -0.1) is 0 Å². The Kier molecular flexibility index (Phi) is 3.28. The van der Waals surface area contributed by atoms with E-state index in [1.807, 2.05) is 13.0 Å². The minimum absolute atomic E-state index is 0.00458. The highest BCUT2D eigenvalue weighted by Gasteiger charge is 2.36. The van der Waals surface area contributed by atoms with Gasteiger partial charge < -0.3 is 15.3 Å². The number of benzene rings is 1. The smallest absolute Gasteiger partial charge is 0.161 e. The van der Waals surface area contributed by atoms with Gasteiger partial charge in [-0.1, -0.05) is 26.8 Å². The van der Waals surface area contributed by atoms with Crippen molar-refractivity contribution >= 4 is 0 Å². The van der Waals surface area contributed by atoms with Crippen LogP contribution in [-0.4, -0.2) is 21.4 Å².